The Bertz CT molecular complexity index is 297. The number of hydrogen-bond acceptors (Lipinski definition) is 0. The maximum atomic E-state index is 3.88. The summed E-state index contributed by atoms with van der Waals surface area (Å²) in [4.78, 5) is 0. The van der Waals surface area contributed by atoms with Crippen LogP contribution in [0.2, 0.25) is 0 Å². The third-order valence-corrected chi connectivity index (χ3v) is 2.49. The molecule has 0 atom stereocenters. The zero-order chi connectivity index (χ0) is 10.4. The van der Waals surface area contributed by atoms with Gasteiger partial charge in [-0.05, 0) is 29.5 Å². The Labute approximate surface area is 87.7 Å². The van der Waals surface area contributed by atoms with Crippen LogP contribution in [-0.2, 0) is 12.8 Å². The van der Waals surface area contributed by atoms with E-state index in [1.807, 2.05) is 6.08 Å². The van der Waals surface area contributed by atoms with Crippen molar-refractivity contribution in [3.63, 3.8) is 0 Å². The molecule has 0 aliphatic heterocycles. The molecule has 0 aliphatic carbocycles. The van der Waals surface area contributed by atoms with Gasteiger partial charge in [-0.15, -0.1) is 0 Å². The molecule has 0 nitrogen and oxygen atoms in total. The first-order valence-electron chi connectivity index (χ1n) is 5.56. The van der Waals surface area contributed by atoms with Crippen molar-refractivity contribution in [1.82, 2.24) is 0 Å². The molecule has 1 aromatic carbocycles. The van der Waals surface area contributed by atoms with E-state index in [0.29, 0.717) is 0 Å². The van der Waals surface area contributed by atoms with Gasteiger partial charge in [0.2, 0.25) is 0 Å². The molecular formula is C14H20. The van der Waals surface area contributed by atoms with Crippen molar-refractivity contribution >= 4 is 6.08 Å². The van der Waals surface area contributed by atoms with Crippen LogP contribution in [0.25, 0.3) is 6.08 Å². The van der Waals surface area contributed by atoms with Gasteiger partial charge in [-0.2, -0.15) is 0 Å². The van der Waals surface area contributed by atoms with Crippen LogP contribution in [0.5, 0.6) is 0 Å². The lowest BCUT2D eigenvalue weighted by molar-refractivity contribution is 0.902. The number of benzene rings is 1. The molecule has 0 heterocycles. The highest BCUT2D eigenvalue weighted by atomic mass is 14.0. The first kappa shape index (κ1) is 11.0. The molecule has 0 saturated carbocycles. The van der Waals surface area contributed by atoms with E-state index in [4.69, 9.17) is 0 Å². The first-order chi connectivity index (χ1) is 6.81. The van der Waals surface area contributed by atoms with Crippen molar-refractivity contribution in [3.05, 3.63) is 41.5 Å². The van der Waals surface area contributed by atoms with Crippen molar-refractivity contribution in [1.29, 1.82) is 0 Å². The summed E-state index contributed by atoms with van der Waals surface area (Å²) in [5.41, 5.74) is 4.18. The summed E-state index contributed by atoms with van der Waals surface area (Å²) in [6, 6.07) is 6.79. The summed E-state index contributed by atoms with van der Waals surface area (Å²) >= 11 is 0. The average molecular weight is 188 g/mol. The molecule has 0 saturated heterocycles. The van der Waals surface area contributed by atoms with Crippen LogP contribution >= 0.6 is 0 Å². The van der Waals surface area contributed by atoms with Gasteiger partial charge >= 0.3 is 0 Å². The van der Waals surface area contributed by atoms with Crippen molar-refractivity contribution in [3.8, 4) is 0 Å². The molecule has 76 valence electrons. The Morgan fingerprint density at radius 3 is 2.43 bits per heavy atom. The predicted octanol–water partition coefficient (Wildman–Crippen LogP) is 4.23. The molecule has 0 spiro atoms. The zero-order valence-corrected chi connectivity index (χ0v) is 9.34. The van der Waals surface area contributed by atoms with Crippen LogP contribution < -0.4 is 0 Å². The summed E-state index contributed by atoms with van der Waals surface area (Å²) in [5, 5.41) is 0. The second-order valence-corrected chi connectivity index (χ2v) is 3.74. The van der Waals surface area contributed by atoms with Crippen LogP contribution in [0.1, 0.15) is 43.4 Å². The van der Waals surface area contributed by atoms with E-state index < -0.39 is 0 Å². The molecule has 14 heavy (non-hydrogen) atoms. The third-order valence-electron chi connectivity index (χ3n) is 2.49. The van der Waals surface area contributed by atoms with Crippen molar-refractivity contribution in [2.45, 2.75) is 39.5 Å². The maximum absolute atomic E-state index is 3.88. The fourth-order valence-electron chi connectivity index (χ4n) is 1.78. The minimum atomic E-state index is 1.16. The van der Waals surface area contributed by atoms with Crippen molar-refractivity contribution < 1.29 is 0 Å². The molecule has 0 fully saturated rings. The Morgan fingerprint density at radius 1 is 1.14 bits per heavy atom. The van der Waals surface area contributed by atoms with Gasteiger partial charge in [0.15, 0.2) is 0 Å². The van der Waals surface area contributed by atoms with Crippen LogP contribution in [0.3, 0.4) is 0 Å². The minimum absolute atomic E-state index is 1.16. The summed E-state index contributed by atoms with van der Waals surface area (Å²) in [5.74, 6) is 0. The topological polar surface area (TPSA) is 0 Å². The molecule has 0 radical (unpaired) electrons. The molecule has 0 N–H and O–H groups in total. The third kappa shape index (κ3) is 2.73. The fourth-order valence-corrected chi connectivity index (χ4v) is 1.78. The summed E-state index contributed by atoms with van der Waals surface area (Å²) in [7, 11) is 0. The van der Waals surface area contributed by atoms with E-state index in [0.717, 1.165) is 6.42 Å². The monoisotopic (exact) mass is 188 g/mol. The highest BCUT2D eigenvalue weighted by molar-refractivity contribution is 5.53. The van der Waals surface area contributed by atoms with Gasteiger partial charge in [0.1, 0.15) is 0 Å². The van der Waals surface area contributed by atoms with E-state index in [-0.39, 0.29) is 0 Å². The lowest BCUT2D eigenvalue weighted by Gasteiger charge is -2.07. The van der Waals surface area contributed by atoms with Gasteiger partial charge in [-0.1, -0.05) is 57.5 Å². The van der Waals surface area contributed by atoms with Gasteiger partial charge in [0.25, 0.3) is 0 Å². The Morgan fingerprint density at radius 2 is 1.86 bits per heavy atom. The number of hydrogen-bond donors (Lipinski definition) is 0. The second-order valence-electron chi connectivity index (χ2n) is 3.74. The van der Waals surface area contributed by atoms with E-state index in [1.54, 1.807) is 0 Å². The molecule has 1 aromatic rings. The molecule has 0 heteroatoms. The van der Waals surface area contributed by atoms with E-state index >= 15 is 0 Å². The van der Waals surface area contributed by atoms with Crippen molar-refractivity contribution in [2.24, 2.45) is 0 Å². The molecule has 0 unspecified atom stereocenters. The SMILES string of the molecule is C=Cc1cc(CCC)ccc1CCC. The van der Waals surface area contributed by atoms with E-state index in [9.17, 15) is 0 Å². The maximum Gasteiger partial charge on any atom is -0.0228 e. The summed E-state index contributed by atoms with van der Waals surface area (Å²) < 4.78 is 0. The molecule has 0 bridgehead atoms. The van der Waals surface area contributed by atoms with Gasteiger partial charge in [-0.25, -0.2) is 0 Å². The first-order valence-corrected chi connectivity index (χ1v) is 5.56. The Hall–Kier alpha value is -1.04. The predicted molar refractivity (Wildman–Crippen MR) is 64.5 cm³/mol. The van der Waals surface area contributed by atoms with Gasteiger partial charge in [-0.3, -0.25) is 0 Å². The smallest absolute Gasteiger partial charge is 0.0228 e. The fraction of sp³-hybridized carbons (Fsp3) is 0.429. The largest absolute Gasteiger partial charge is 0.0985 e. The normalized spacial score (nSPS) is 10.1. The highest BCUT2D eigenvalue weighted by Gasteiger charge is 1.99. The van der Waals surface area contributed by atoms with Crippen LogP contribution in [-0.4, -0.2) is 0 Å². The molecule has 0 aliphatic rings. The lowest BCUT2D eigenvalue weighted by atomic mass is 9.98. The molecule has 0 amide bonds. The van der Waals surface area contributed by atoms with Gasteiger partial charge in [0, 0.05) is 0 Å². The number of aryl methyl sites for hydroxylation is 2. The minimum Gasteiger partial charge on any atom is -0.0985 e. The van der Waals surface area contributed by atoms with E-state index in [1.165, 1.54) is 36.0 Å². The standard InChI is InChI=1S/C14H20/c1-4-7-12-9-10-14(8-5-2)13(6-3)11-12/h6,9-11H,3-5,7-8H2,1-2H3. The van der Waals surface area contributed by atoms with Crippen LogP contribution in [0, 0.1) is 0 Å². The molecular weight excluding hydrogens is 168 g/mol. The Balaban J connectivity index is 2.92. The molecule has 1 rings (SSSR count). The van der Waals surface area contributed by atoms with Gasteiger partial charge in [0.05, 0.1) is 0 Å². The number of rotatable bonds is 5. The quantitative estimate of drug-likeness (QED) is 0.648. The molecule has 0 aromatic heterocycles. The summed E-state index contributed by atoms with van der Waals surface area (Å²) in [6.45, 7) is 8.31. The lowest BCUT2D eigenvalue weighted by Crippen LogP contribution is -1.91. The average Bonchev–Trinajstić information content (AvgIpc) is 2.21. The van der Waals surface area contributed by atoms with E-state index in [2.05, 4.69) is 38.6 Å². The second kappa shape index (κ2) is 5.64. The summed E-state index contributed by atoms with van der Waals surface area (Å²) in [6.07, 6.45) is 6.73. The Kier molecular flexibility index (Phi) is 4.45. The highest BCUT2D eigenvalue weighted by Crippen LogP contribution is 2.16. The van der Waals surface area contributed by atoms with Crippen LogP contribution in [0.15, 0.2) is 24.8 Å². The zero-order valence-electron chi connectivity index (χ0n) is 9.34. The van der Waals surface area contributed by atoms with Crippen molar-refractivity contribution in [2.75, 3.05) is 0 Å². The van der Waals surface area contributed by atoms with Gasteiger partial charge < -0.3 is 0 Å². The van der Waals surface area contributed by atoms with Crippen LogP contribution in [0.4, 0.5) is 0 Å².